The highest BCUT2D eigenvalue weighted by Gasteiger charge is 2.13. The van der Waals surface area contributed by atoms with Gasteiger partial charge >= 0.3 is 0 Å². The molecule has 5 nitrogen and oxygen atoms in total. The van der Waals surface area contributed by atoms with Crippen molar-refractivity contribution < 1.29 is 9.32 Å². The van der Waals surface area contributed by atoms with Crippen molar-refractivity contribution in [3.05, 3.63) is 64.0 Å². The van der Waals surface area contributed by atoms with E-state index in [1.165, 1.54) is 5.56 Å². The SMILES string of the molecule is CC(C)c1ccc(-c2noc(CCC(=O)Nc3c(Cl)cccc3Cl)n2)cc1. The van der Waals surface area contributed by atoms with Crippen molar-refractivity contribution in [2.75, 3.05) is 5.32 Å². The number of nitrogens with zero attached hydrogens (tertiary/aromatic N) is 2. The molecule has 2 aromatic carbocycles. The van der Waals surface area contributed by atoms with Crippen LogP contribution in [0.5, 0.6) is 0 Å². The van der Waals surface area contributed by atoms with Crippen LogP contribution in [0.25, 0.3) is 11.4 Å². The number of rotatable bonds is 6. The summed E-state index contributed by atoms with van der Waals surface area (Å²) in [5.74, 6) is 1.14. The number of nitrogens with one attached hydrogen (secondary N) is 1. The average molecular weight is 404 g/mol. The number of para-hydroxylation sites is 1. The maximum Gasteiger partial charge on any atom is 0.227 e. The first kappa shape index (κ1) is 19.4. The Labute approximate surface area is 167 Å². The van der Waals surface area contributed by atoms with Gasteiger partial charge in [0.1, 0.15) is 0 Å². The minimum atomic E-state index is -0.231. The molecule has 1 aromatic heterocycles. The van der Waals surface area contributed by atoms with Gasteiger partial charge in [-0.2, -0.15) is 4.98 Å². The summed E-state index contributed by atoms with van der Waals surface area (Å²) in [5.41, 5.74) is 2.53. The third kappa shape index (κ3) is 4.87. The fraction of sp³-hybridized carbons (Fsp3) is 0.250. The minimum absolute atomic E-state index is 0.176. The van der Waals surface area contributed by atoms with E-state index in [-0.39, 0.29) is 12.3 Å². The molecule has 3 aromatic rings. The number of aromatic nitrogens is 2. The van der Waals surface area contributed by atoms with Crippen molar-refractivity contribution in [1.29, 1.82) is 0 Å². The molecule has 0 saturated heterocycles. The molecule has 0 spiro atoms. The standard InChI is InChI=1S/C20H19Cl2N3O2/c1-12(2)13-6-8-14(9-7-13)20-24-18(27-25-20)11-10-17(26)23-19-15(21)4-3-5-16(19)22/h3-9,12H,10-11H2,1-2H3,(H,23,26). The summed E-state index contributed by atoms with van der Waals surface area (Å²) in [7, 11) is 0. The molecule has 140 valence electrons. The Hall–Kier alpha value is -2.37. The van der Waals surface area contributed by atoms with E-state index in [4.69, 9.17) is 27.7 Å². The lowest BCUT2D eigenvalue weighted by Gasteiger charge is -2.08. The summed E-state index contributed by atoms with van der Waals surface area (Å²) in [5, 5.41) is 7.48. The van der Waals surface area contributed by atoms with E-state index >= 15 is 0 Å². The maximum absolute atomic E-state index is 12.2. The summed E-state index contributed by atoms with van der Waals surface area (Å²) in [6.07, 6.45) is 0.500. The molecule has 1 amide bonds. The van der Waals surface area contributed by atoms with Gasteiger partial charge in [-0.05, 0) is 23.6 Å². The normalized spacial score (nSPS) is 11.0. The number of halogens is 2. The van der Waals surface area contributed by atoms with E-state index in [9.17, 15) is 4.79 Å². The highest BCUT2D eigenvalue weighted by molar-refractivity contribution is 6.39. The molecule has 0 unspecified atom stereocenters. The molecule has 0 aliphatic carbocycles. The van der Waals surface area contributed by atoms with Gasteiger partial charge in [0, 0.05) is 18.4 Å². The highest BCUT2D eigenvalue weighted by atomic mass is 35.5. The van der Waals surface area contributed by atoms with Crippen LogP contribution in [-0.2, 0) is 11.2 Å². The monoisotopic (exact) mass is 403 g/mol. The Morgan fingerprint density at radius 1 is 1.11 bits per heavy atom. The van der Waals surface area contributed by atoms with Gasteiger partial charge in [0.05, 0.1) is 15.7 Å². The van der Waals surface area contributed by atoms with Crippen LogP contribution < -0.4 is 5.32 Å². The van der Waals surface area contributed by atoms with Gasteiger partial charge in [-0.1, -0.05) is 72.5 Å². The van der Waals surface area contributed by atoms with Crippen molar-refractivity contribution in [2.24, 2.45) is 0 Å². The number of carbonyl (C=O) groups excluding carboxylic acids is 1. The largest absolute Gasteiger partial charge is 0.339 e. The van der Waals surface area contributed by atoms with Crippen LogP contribution in [0.2, 0.25) is 10.0 Å². The van der Waals surface area contributed by atoms with Gasteiger partial charge in [0.25, 0.3) is 0 Å². The van der Waals surface area contributed by atoms with Gasteiger partial charge in [0.15, 0.2) is 0 Å². The van der Waals surface area contributed by atoms with Crippen molar-refractivity contribution in [1.82, 2.24) is 10.1 Å². The summed E-state index contributed by atoms with van der Waals surface area (Å²) >= 11 is 12.1. The fourth-order valence-electron chi connectivity index (χ4n) is 2.53. The Balaban J connectivity index is 1.60. The second-order valence-corrected chi connectivity index (χ2v) is 7.25. The lowest BCUT2D eigenvalue weighted by molar-refractivity contribution is -0.116. The van der Waals surface area contributed by atoms with E-state index in [1.54, 1.807) is 18.2 Å². The molecule has 0 bridgehead atoms. The van der Waals surface area contributed by atoms with Crippen molar-refractivity contribution in [3.8, 4) is 11.4 Å². The number of amides is 1. The zero-order valence-electron chi connectivity index (χ0n) is 15.0. The van der Waals surface area contributed by atoms with Gasteiger partial charge < -0.3 is 9.84 Å². The number of aryl methyl sites for hydroxylation is 1. The molecule has 0 fully saturated rings. The van der Waals surface area contributed by atoms with Gasteiger partial charge in [-0.15, -0.1) is 0 Å². The molecule has 0 atom stereocenters. The Kier molecular flexibility index (Phi) is 6.14. The van der Waals surface area contributed by atoms with Crippen LogP contribution in [0.3, 0.4) is 0 Å². The predicted molar refractivity (Wildman–Crippen MR) is 107 cm³/mol. The van der Waals surface area contributed by atoms with Crippen LogP contribution in [0.1, 0.15) is 37.6 Å². The summed E-state index contributed by atoms with van der Waals surface area (Å²) in [6.45, 7) is 4.28. The number of hydrogen-bond acceptors (Lipinski definition) is 4. The number of anilines is 1. The van der Waals surface area contributed by atoms with Gasteiger partial charge in [-0.25, -0.2) is 0 Å². The Morgan fingerprint density at radius 2 is 1.78 bits per heavy atom. The zero-order valence-corrected chi connectivity index (χ0v) is 16.5. The number of benzene rings is 2. The molecule has 1 heterocycles. The summed E-state index contributed by atoms with van der Waals surface area (Å²) in [4.78, 5) is 16.5. The van der Waals surface area contributed by atoms with Crippen LogP contribution in [-0.4, -0.2) is 16.0 Å². The molecule has 27 heavy (non-hydrogen) atoms. The topological polar surface area (TPSA) is 68.0 Å². The maximum atomic E-state index is 12.2. The lowest BCUT2D eigenvalue weighted by Crippen LogP contribution is -2.13. The summed E-state index contributed by atoms with van der Waals surface area (Å²) in [6, 6.07) is 13.1. The van der Waals surface area contributed by atoms with Crippen LogP contribution >= 0.6 is 23.2 Å². The number of hydrogen-bond donors (Lipinski definition) is 1. The van der Waals surface area contributed by atoms with Crippen LogP contribution in [0, 0.1) is 0 Å². The molecule has 3 rings (SSSR count). The Bertz CT molecular complexity index is 916. The van der Waals surface area contributed by atoms with Crippen molar-refractivity contribution in [3.63, 3.8) is 0 Å². The zero-order chi connectivity index (χ0) is 19.4. The van der Waals surface area contributed by atoms with Gasteiger partial charge in [-0.3, -0.25) is 4.79 Å². The summed E-state index contributed by atoms with van der Waals surface area (Å²) < 4.78 is 5.25. The molecule has 0 aliphatic heterocycles. The highest BCUT2D eigenvalue weighted by Crippen LogP contribution is 2.30. The molecule has 0 aliphatic rings. The third-order valence-electron chi connectivity index (χ3n) is 4.10. The third-order valence-corrected chi connectivity index (χ3v) is 4.73. The van der Waals surface area contributed by atoms with E-state index in [0.717, 1.165) is 5.56 Å². The van der Waals surface area contributed by atoms with Crippen molar-refractivity contribution >= 4 is 34.8 Å². The fourth-order valence-corrected chi connectivity index (χ4v) is 3.02. The average Bonchev–Trinajstić information content (AvgIpc) is 3.12. The molecule has 0 saturated carbocycles. The Morgan fingerprint density at radius 3 is 2.41 bits per heavy atom. The first-order valence-corrected chi connectivity index (χ1v) is 9.36. The van der Waals surface area contributed by atoms with E-state index in [2.05, 4.69) is 41.4 Å². The quantitative estimate of drug-likeness (QED) is 0.569. The second kappa shape index (κ2) is 8.55. The number of carbonyl (C=O) groups is 1. The van der Waals surface area contributed by atoms with E-state index in [1.807, 2.05) is 12.1 Å². The molecular weight excluding hydrogens is 385 g/mol. The van der Waals surface area contributed by atoms with E-state index in [0.29, 0.717) is 39.8 Å². The van der Waals surface area contributed by atoms with Crippen LogP contribution in [0.15, 0.2) is 47.0 Å². The predicted octanol–water partition coefficient (Wildman–Crippen LogP) is 5.74. The molecule has 0 radical (unpaired) electrons. The molecule has 1 N–H and O–H groups in total. The van der Waals surface area contributed by atoms with Crippen molar-refractivity contribution in [2.45, 2.75) is 32.6 Å². The van der Waals surface area contributed by atoms with Gasteiger partial charge in [0.2, 0.25) is 17.6 Å². The van der Waals surface area contributed by atoms with E-state index < -0.39 is 0 Å². The first-order valence-electron chi connectivity index (χ1n) is 8.61. The lowest BCUT2D eigenvalue weighted by atomic mass is 10.0. The first-order chi connectivity index (χ1) is 12.9. The second-order valence-electron chi connectivity index (χ2n) is 6.43. The molecule has 7 heteroatoms. The van der Waals surface area contributed by atoms with Crippen LogP contribution in [0.4, 0.5) is 5.69 Å². The smallest absolute Gasteiger partial charge is 0.227 e. The molecular formula is C20H19Cl2N3O2. The minimum Gasteiger partial charge on any atom is -0.339 e.